The smallest absolute Gasteiger partial charge is 0.346 e. The first-order valence-corrected chi connectivity index (χ1v) is 6.26. The van der Waals surface area contributed by atoms with Gasteiger partial charge in [0.25, 0.3) is 6.26 Å². The zero-order valence-corrected chi connectivity index (χ0v) is 11.4. The van der Waals surface area contributed by atoms with Crippen LogP contribution >= 0.6 is 0 Å². The summed E-state index contributed by atoms with van der Waals surface area (Å²) in [4.78, 5) is 11.6. The van der Waals surface area contributed by atoms with Crippen LogP contribution in [-0.4, -0.2) is 13.1 Å². The summed E-state index contributed by atoms with van der Waals surface area (Å²) in [5.41, 5.74) is 2.37. The third-order valence-electron chi connectivity index (χ3n) is 2.89. The molecule has 21 heavy (non-hydrogen) atoms. The van der Waals surface area contributed by atoms with Crippen molar-refractivity contribution in [1.82, 2.24) is 0 Å². The van der Waals surface area contributed by atoms with Gasteiger partial charge in [-0.3, -0.25) is 0 Å². The molecule has 104 valence electrons. The molecule has 0 atom stereocenters. The van der Waals surface area contributed by atoms with Gasteiger partial charge in [-0.2, -0.15) is 0 Å². The first kappa shape index (κ1) is 14.4. The molecular formula is C17H13NO3. The number of esters is 1. The van der Waals surface area contributed by atoms with Crippen molar-refractivity contribution in [2.75, 3.05) is 7.11 Å². The number of nitrogens with zero attached hydrogens (tertiary/aromatic N) is 1. The first-order chi connectivity index (χ1) is 10.2. The van der Waals surface area contributed by atoms with Crippen molar-refractivity contribution in [3.05, 3.63) is 71.8 Å². The average molecular weight is 279 g/mol. The molecule has 0 saturated heterocycles. The molecule has 0 aliphatic rings. The Morgan fingerprint density at radius 1 is 1.05 bits per heavy atom. The maximum Gasteiger partial charge on any atom is 0.346 e. The minimum Gasteiger partial charge on any atom is -0.497 e. The normalized spacial score (nSPS) is 10.6. The Hall–Kier alpha value is -3.06. The summed E-state index contributed by atoms with van der Waals surface area (Å²) in [5, 5.41) is 8.42. The van der Waals surface area contributed by atoms with Gasteiger partial charge in [0, 0.05) is 6.08 Å². The molecule has 0 aromatic heterocycles. The lowest BCUT2D eigenvalue weighted by Gasteiger charge is -2.08. The molecular weight excluding hydrogens is 266 g/mol. The lowest BCUT2D eigenvalue weighted by atomic mass is 9.97. The molecule has 4 nitrogen and oxygen atoms in total. The van der Waals surface area contributed by atoms with Crippen LogP contribution in [0.15, 0.2) is 60.7 Å². The maximum atomic E-state index is 11.6. The maximum absolute atomic E-state index is 11.6. The minimum absolute atomic E-state index is 0.679. The van der Waals surface area contributed by atoms with Gasteiger partial charge in [0.2, 0.25) is 0 Å². The standard InChI is InChI=1S/C17H13NO3/c1-20-15-9-7-14(8-10-15)16(11-17(19)21-12-18)13-5-3-2-4-6-13/h2-11H,1H3. The second-order valence-corrected chi connectivity index (χ2v) is 4.16. The van der Waals surface area contributed by atoms with Gasteiger partial charge >= 0.3 is 5.97 Å². The molecule has 0 radical (unpaired) electrons. The van der Waals surface area contributed by atoms with Crippen LogP contribution in [0.4, 0.5) is 0 Å². The zero-order valence-electron chi connectivity index (χ0n) is 11.4. The lowest BCUT2D eigenvalue weighted by molar-refractivity contribution is -0.131. The molecule has 0 amide bonds. The minimum atomic E-state index is -0.702. The predicted octanol–water partition coefficient (Wildman–Crippen LogP) is 3.15. The molecule has 0 aliphatic heterocycles. The van der Waals surface area contributed by atoms with E-state index < -0.39 is 5.97 Å². The fraction of sp³-hybridized carbons (Fsp3) is 0.0588. The van der Waals surface area contributed by atoms with Crippen molar-refractivity contribution < 1.29 is 14.3 Å². The van der Waals surface area contributed by atoms with Crippen LogP contribution in [0.25, 0.3) is 5.57 Å². The van der Waals surface area contributed by atoms with Crippen molar-refractivity contribution in [1.29, 1.82) is 5.26 Å². The van der Waals surface area contributed by atoms with Crippen LogP contribution < -0.4 is 4.74 Å². The summed E-state index contributed by atoms with van der Waals surface area (Å²) >= 11 is 0. The monoisotopic (exact) mass is 279 g/mol. The molecule has 0 saturated carbocycles. The Kier molecular flexibility index (Phi) is 4.73. The third-order valence-corrected chi connectivity index (χ3v) is 2.89. The summed E-state index contributed by atoms with van der Waals surface area (Å²) in [6.45, 7) is 0. The number of ether oxygens (including phenoxy) is 2. The summed E-state index contributed by atoms with van der Waals surface area (Å²) in [5.74, 6) is 0.0259. The van der Waals surface area contributed by atoms with Crippen LogP contribution in [0.1, 0.15) is 11.1 Å². The molecule has 0 fully saturated rings. The second kappa shape index (κ2) is 6.92. The van der Waals surface area contributed by atoms with Gasteiger partial charge in [0.05, 0.1) is 7.11 Å². The highest BCUT2D eigenvalue weighted by atomic mass is 16.5. The van der Waals surface area contributed by atoms with E-state index in [1.165, 1.54) is 12.3 Å². The number of hydrogen-bond donors (Lipinski definition) is 0. The number of methoxy groups -OCH3 is 1. The largest absolute Gasteiger partial charge is 0.497 e. The predicted molar refractivity (Wildman–Crippen MR) is 78.2 cm³/mol. The number of benzene rings is 2. The summed E-state index contributed by atoms with van der Waals surface area (Å²) in [6, 6.07) is 16.7. The lowest BCUT2D eigenvalue weighted by Crippen LogP contribution is -1.98. The van der Waals surface area contributed by atoms with E-state index in [0.29, 0.717) is 5.57 Å². The number of carbonyl (C=O) groups is 1. The molecule has 0 bridgehead atoms. The average Bonchev–Trinajstić information content (AvgIpc) is 2.54. The molecule has 2 rings (SSSR count). The molecule has 4 heteroatoms. The Balaban J connectivity index is 2.45. The van der Waals surface area contributed by atoms with Gasteiger partial charge in [-0.05, 0) is 28.8 Å². The van der Waals surface area contributed by atoms with Crippen LogP contribution in [0.3, 0.4) is 0 Å². The number of rotatable bonds is 4. The van der Waals surface area contributed by atoms with Crippen molar-refractivity contribution in [3.8, 4) is 12.0 Å². The van der Waals surface area contributed by atoms with Crippen LogP contribution in [0, 0.1) is 11.5 Å². The van der Waals surface area contributed by atoms with Crippen LogP contribution in [-0.2, 0) is 9.53 Å². The number of carbonyl (C=O) groups excluding carboxylic acids is 1. The van der Waals surface area contributed by atoms with E-state index in [2.05, 4.69) is 4.74 Å². The summed E-state index contributed by atoms with van der Waals surface area (Å²) in [6.07, 6.45) is 2.69. The number of hydrogen-bond acceptors (Lipinski definition) is 4. The van der Waals surface area contributed by atoms with Crippen LogP contribution in [0.5, 0.6) is 5.75 Å². The fourth-order valence-corrected chi connectivity index (χ4v) is 1.91. The van der Waals surface area contributed by atoms with Crippen LogP contribution in [0.2, 0.25) is 0 Å². The number of nitriles is 1. The Morgan fingerprint density at radius 3 is 2.24 bits per heavy atom. The van der Waals surface area contributed by atoms with Crippen molar-refractivity contribution in [3.63, 3.8) is 0 Å². The van der Waals surface area contributed by atoms with E-state index in [-0.39, 0.29) is 0 Å². The SMILES string of the molecule is COc1ccc(C(=CC(=O)OC#N)c2ccccc2)cc1. The molecule has 0 unspecified atom stereocenters. The Labute approximate surface area is 122 Å². The van der Waals surface area contributed by atoms with Gasteiger partial charge in [-0.1, -0.05) is 42.5 Å². The first-order valence-electron chi connectivity index (χ1n) is 6.26. The van der Waals surface area contributed by atoms with Gasteiger partial charge < -0.3 is 9.47 Å². The molecule has 0 spiro atoms. The van der Waals surface area contributed by atoms with Crippen molar-refractivity contribution in [2.24, 2.45) is 0 Å². The molecule has 2 aromatic carbocycles. The molecule has 2 aromatic rings. The molecule has 0 N–H and O–H groups in total. The van der Waals surface area contributed by atoms with E-state index in [1.807, 2.05) is 54.6 Å². The third kappa shape index (κ3) is 3.71. The highest BCUT2D eigenvalue weighted by Crippen LogP contribution is 2.25. The van der Waals surface area contributed by atoms with Crippen molar-refractivity contribution >= 4 is 11.5 Å². The van der Waals surface area contributed by atoms with Gasteiger partial charge in [0.1, 0.15) is 5.75 Å². The topological polar surface area (TPSA) is 59.3 Å². The van der Waals surface area contributed by atoms with E-state index >= 15 is 0 Å². The van der Waals surface area contributed by atoms with Gasteiger partial charge in [0.15, 0.2) is 0 Å². The summed E-state index contributed by atoms with van der Waals surface area (Å²) < 4.78 is 9.45. The van der Waals surface area contributed by atoms with E-state index in [4.69, 9.17) is 10.00 Å². The highest BCUT2D eigenvalue weighted by Gasteiger charge is 2.09. The second-order valence-electron chi connectivity index (χ2n) is 4.16. The Morgan fingerprint density at radius 2 is 1.67 bits per heavy atom. The molecule has 0 aliphatic carbocycles. The van der Waals surface area contributed by atoms with Crippen molar-refractivity contribution in [2.45, 2.75) is 0 Å². The zero-order chi connectivity index (χ0) is 15.1. The Bertz CT molecular complexity index is 682. The van der Waals surface area contributed by atoms with E-state index in [1.54, 1.807) is 7.11 Å². The fourth-order valence-electron chi connectivity index (χ4n) is 1.91. The molecule has 0 heterocycles. The quantitative estimate of drug-likeness (QED) is 0.490. The van der Waals surface area contributed by atoms with Gasteiger partial charge in [-0.15, -0.1) is 5.26 Å². The van der Waals surface area contributed by atoms with E-state index in [0.717, 1.165) is 16.9 Å². The summed E-state index contributed by atoms with van der Waals surface area (Å²) in [7, 11) is 1.59. The van der Waals surface area contributed by atoms with E-state index in [9.17, 15) is 4.79 Å². The van der Waals surface area contributed by atoms with Gasteiger partial charge in [-0.25, -0.2) is 4.79 Å². The highest BCUT2D eigenvalue weighted by molar-refractivity contribution is 5.96.